The highest BCUT2D eigenvalue weighted by atomic mass is 16.6. The summed E-state index contributed by atoms with van der Waals surface area (Å²) in [5.41, 5.74) is 1.99. The van der Waals surface area contributed by atoms with Crippen LogP contribution in [0.1, 0.15) is 43.7 Å². The molecule has 0 fully saturated rings. The van der Waals surface area contributed by atoms with Crippen LogP contribution >= 0.6 is 0 Å². The van der Waals surface area contributed by atoms with Gasteiger partial charge in [-0.15, -0.1) is 0 Å². The molecule has 0 spiro atoms. The fourth-order valence-electron chi connectivity index (χ4n) is 1.96. The van der Waals surface area contributed by atoms with Gasteiger partial charge in [-0.1, -0.05) is 38.3 Å². The highest BCUT2D eigenvalue weighted by Gasteiger charge is 2.12. The molecule has 0 amide bonds. The van der Waals surface area contributed by atoms with Gasteiger partial charge >= 0.3 is 0 Å². The van der Waals surface area contributed by atoms with E-state index < -0.39 is 0 Å². The predicted molar refractivity (Wildman–Crippen MR) is 73.7 cm³/mol. The Morgan fingerprint density at radius 2 is 2.06 bits per heavy atom. The zero-order chi connectivity index (χ0) is 13.4. The molecule has 1 aromatic carbocycles. The van der Waals surface area contributed by atoms with E-state index in [9.17, 15) is 10.1 Å². The van der Waals surface area contributed by atoms with Gasteiger partial charge in [0.1, 0.15) is 0 Å². The fraction of sp³-hybridized carbons (Fsp3) is 0.571. The number of unbranched alkanes of at least 4 members (excludes halogenated alkanes) is 3. The normalized spacial score (nSPS) is 10.6. The molecule has 0 bridgehead atoms. The molecule has 1 rings (SSSR count). The molecule has 0 radical (unpaired) electrons. The van der Waals surface area contributed by atoms with E-state index in [2.05, 4.69) is 12.2 Å². The van der Waals surface area contributed by atoms with Crippen molar-refractivity contribution < 1.29 is 4.92 Å². The molecule has 0 saturated carbocycles. The van der Waals surface area contributed by atoms with E-state index in [0.717, 1.165) is 17.7 Å². The highest BCUT2D eigenvalue weighted by Crippen LogP contribution is 2.20. The van der Waals surface area contributed by atoms with Crippen LogP contribution in [-0.4, -0.2) is 11.5 Å². The molecule has 0 heterocycles. The molecule has 0 unspecified atom stereocenters. The largest absolute Gasteiger partial charge is 0.313 e. The van der Waals surface area contributed by atoms with E-state index in [1.807, 2.05) is 13.0 Å². The van der Waals surface area contributed by atoms with E-state index in [4.69, 9.17) is 0 Å². The van der Waals surface area contributed by atoms with Crippen LogP contribution in [0.15, 0.2) is 18.2 Å². The number of hydrogen-bond acceptors (Lipinski definition) is 3. The average Bonchev–Trinajstić information content (AvgIpc) is 2.35. The first-order valence-corrected chi connectivity index (χ1v) is 6.60. The Morgan fingerprint density at radius 3 is 2.72 bits per heavy atom. The predicted octanol–water partition coefficient (Wildman–Crippen LogP) is 3.57. The number of rotatable bonds is 8. The minimum Gasteiger partial charge on any atom is -0.313 e. The van der Waals surface area contributed by atoms with Crippen LogP contribution in [0.5, 0.6) is 0 Å². The first-order valence-electron chi connectivity index (χ1n) is 6.60. The number of hydrogen-bond donors (Lipinski definition) is 1. The van der Waals surface area contributed by atoms with Gasteiger partial charge in [0.2, 0.25) is 0 Å². The van der Waals surface area contributed by atoms with Crippen LogP contribution in [0.3, 0.4) is 0 Å². The summed E-state index contributed by atoms with van der Waals surface area (Å²) in [6, 6.07) is 5.25. The van der Waals surface area contributed by atoms with Crippen molar-refractivity contribution in [3.8, 4) is 0 Å². The maximum atomic E-state index is 10.8. The molecule has 18 heavy (non-hydrogen) atoms. The van der Waals surface area contributed by atoms with Crippen molar-refractivity contribution in [2.24, 2.45) is 0 Å². The van der Waals surface area contributed by atoms with Crippen molar-refractivity contribution in [3.63, 3.8) is 0 Å². The second kappa shape index (κ2) is 7.82. The van der Waals surface area contributed by atoms with E-state index in [1.54, 1.807) is 12.1 Å². The lowest BCUT2D eigenvalue weighted by molar-refractivity contribution is -0.385. The summed E-state index contributed by atoms with van der Waals surface area (Å²) in [4.78, 5) is 10.5. The van der Waals surface area contributed by atoms with Crippen molar-refractivity contribution in [3.05, 3.63) is 39.4 Å². The summed E-state index contributed by atoms with van der Waals surface area (Å²) in [5.74, 6) is 0. The second-order valence-corrected chi connectivity index (χ2v) is 4.56. The smallest absolute Gasteiger partial charge is 0.272 e. The van der Waals surface area contributed by atoms with Crippen LogP contribution in [0.2, 0.25) is 0 Å². The molecule has 1 aromatic rings. The van der Waals surface area contributed by atoms with Crippen molar-refractivity contribution in [2.45, 2.75) is 46.1 Å². The monoisotopic (exact) mass is 250 g/mol. The third kappa shape index (κ3) is 4.45. The van der Waals surface area contributed by atoms with Crippen molar-refractivity contribution in [2.75, 3.05) is 6.54 Å². The topological polar surface area (TPSA) is 55.2 Å². The summed E-state index contributed by atoms with van der Waals surface area (Å²) in [6.07, 6.45) is 4.93. The minimum absolute atomic E-state index is 0.209. The maximum Gasteiger partial charge on any atom is 0.272 e. The van der Waals surface area contributed by atoms with Crippen LogP contribution in [0, 0.1) is 17.0 Å². The Morgan fingerprint density at radius 1 is 1.28 bits per heavy atom. The van der Waals surface area contributed by atoms with Gasteiger partial charge < -0.3 is 5.32 Å². The Labute approximate surface area is 109 Å². The molecule has 0 saturated heterocycles. The first-order chi connectivity index (χ1) is 8.66. The number of nitro groups is 1. The lowest BCUT2D eigenvalue weighted by Gasteiger charge is -2.08. The summed E-state index contributed by atoms with van der Waals surface area (Å²) in [7, 11) is 0. The van der Waals surface area contributed by atoms with Crippen LogP contribution < -0.4 is 5.32 Å². The molecule has 0 aliphatic carbocycles. The number of nitrogens with one attached hydrogen (secondary N) is 1. The summed E-state index contributed by atoms with van der Waals surface area (Å²) in [5, 5.41) is 14.2. The van der Waals surface area contributed by atoms with Crippen LogP contribution in [0.25, 0.3) is 0 Å². The summed E-state index contributed by atoms with van der Waals surface area (Å²) in [6.45, 7) is 5.69. The molecule has 0 aliphatic rings. The fourth-order valence-corrected chi connectivity index (χ4v) is 1.96. The third-order valence-electron chi connectivity index (χ3n) is 3.14. The van der Waals surface area contributed by atoms with Crippen molar-refractivity contribution >= 4 is 5.69 Å². The lowest BCUT2D eigenvalue weighted by atomic mass is 10.1. The highest BCUT2D eigenvalue weighted by molar-refractivity contribution is 5.44. The van der Waals surface area contributed by atoms with Gasteiger partial charge in [0.15, 0.2) is 0 Å². The SMILES string of the molecule is CCCCCCNCc1cccc([N+](=O)[O-])c1C. The van der Waals surface area contributed by atoms with Gasteiger partial charge in [-0.05, 0) is 25.5 Å². The molecule has 0 aromatic heterocycles. The van der Waals surface area contributed by atoms with Crippen molar-refractivity contribution in [1.82, 2.24) is 5.32 Å². The molecule has 4 heteroatoms. The number of nitro benzene ring substituents is 1. The van der Waals surface area contributed by atoms with Gasteiger partial charge in [0.25, 0.3) is 5.69 Å². The number of benzene rings is 1. The Balaban J connectivity index is 2.43. The van der Waals surface area contributed by atoms with Gasteiger partial charge in [0.05, 0.1) is 4.92 Å². The van der Waals surface area contributed by atoms with Crippen LogP contribution in [0.4, 0.5) is 5.69 Å². The zero-order valence-corrected chi connectivity index (χ0v) is 11.2. The summed E-state index contributed by atoms with van der Waals surface area (Å²) >= 11 is 0. The van der Waals surface area contributed by atoms with E-state index in [-0.39, 0.29) is 10.6 Å². The lowest BCUT2D eigenvalue weighted by Crippen LogP contribution is -2.15. The second-order valence-electron chi connectivity index (χ2n) is 4.56. The standard InChI is InChI=1S/C14H22N2O2/c1-3-4-5-6-10-15-11-13-8-7-9-14(12(13)2)16(17)18/h7-9,15H,3-6,10-11H2,1-2H3. The van der Waals surface area contributed by atoms with E-state index >= 15 is 0 Å². The van der Waals surface area contributed by atoms with Gasteiger partial charge in [-0.25, -0.2) is 0 Å². The maximum absolute atomic E-state index is 10.8. The minimum atomic E-state index is -0.319. The van der Waals surface area contributed by atoms with Gasteiger partial charge in [0, 0.05) is 18.2 Å². The Bertz CT molecular complexity index is 391. The molecule has 1 N–H and O–H groups in total. The molecule has 0 atom stereocenters. The first kappa shape index (κ1) is 14.6. The third-order valence-corrected chi connectivity index (χ3v) is 3.14. The zero-order valence-electron chi connectivity index (χ0n) is 11.2. The van der Waals surface area contributed by atoms with E-state index in [0.29, 0.717) is 6.54 Å². The molecule has 4 nitrogen and oxygen atoms in total. The molecule has 100 valence electrons. The van der Waals surface area contributed by atoms with Gasteiger partial charge in [-0.2, -0.15) is 0 Å². The Kier molecular flexibility index (Phi) is 6.36. The Hall–Kier alpha value is -1.42. The van der Waals surface area contributed by atoms with Crippen molar-refractivity contribution in [1.29, 1.82) is 0 Å². The van der Waals surface area contributed by atoms with Crippen LogP contribution in [-0.2, 0) is 6.54 Å². The molecular weight excluding hydrogens is 228 g/mol. The van der Waals surface area contributed by atoms with E-state index in [1.165, 1.54) is 25.7 Å². The quantitative estimate of drug-likeness (QED) is 0.436. The average molecular weight is 250 g/mol. The summed E-state index contributed by atoms with van der Waals surface area (Å²) < 4.78 is 0. The molecule has 0 aliphatic heterocycles. The number of nitrogens with zero attached hydrogens (tertiary/aromatic N) is 1. The van der Waals surface area contributed by atoms with Gasteiger partial charge in [-0.3, -0.25) is 10.1 Å². The molecular formula is C14H22N2O2.